The maximum atomic E-state index is 12.5. The maximum Gasteiger partial charge on any atom is 0.418 e. The number of nitrogens with one attached hydrogen (secondary N) is 1. The van der Waals surface area contributed by atoms with Gasteiger partial charge in [-0.2, -0.15) is 4.98 Å². The second-order valence-corrected chi connectivity index (χ2v) is 6.14. The lowest BCUT2D eigenvalue weighted by Crippen LogP contribution is -2.32. The molecule has 0 aliphatic rings. The Labute approximate surface area is 160 Å². The molecule has 0 fully saturated rings. The molecule has 0 radical (unpaired) electrons. The molecule has 0 aliphatic carbocycles. The minimum absolute atomic E-state index is 0.0984. The molecule has 4 rings (SSSR count). The number of aldehydes is 1. The largest absolute Gasteiger partial charge is 0.418 e. The van der Waals surface area contributed by atoms with Crippen LogP contribution in [0.25, 0.3) is 11.5 Å². The molecule has 0 aliphatic heterocycles. The monoisotopic (exact) mass is 370 g/mol. The van der Waals surface area contributed by atoms with Crippen molar-refractivity contribution in [1.82, 2.24) is 9.55 Å². The molecular formula is C22H16N3O3+. The SMILES string of the molecule is O=Cc1c(-[n+]2ccc(C(=O)c3ccccc3)cc2)[nH]c(=O)n1-c1ccccc1. The first-order valence-electron chi connectivity index (χ1n) is 8.66. The zero-order valence-corrected chi connectivity index (χ0v) is 14.8. The molecule has 2 heterocycles. The van der Waals surface area contributed by atoms with Gasteiger partial charge in [0, 0.05) is 11.1 Å². The number of rotatable bonds is 5. The Morgan fingerprint density at radius 1 is 0.857 bits per heavy atom. The molecule has 0 amide bonds. The second kappa shape index (κ2) is 7.28. The molecule has 0 saturated heterocycles. The molecule has 2 aromatic carbocycles. The van der Waals surface area contributed by atoms with Crippen LogP contribution in [0.3, 0.4) is 0 Å². The van der Waals surface area contributed by atoms with Crippen molar-refractivity contribution >= 4 is 12.1 Å². The van der Waals surface area contributed by atoms with E-state index >= 15 is 0 Å². The highest BCUT2D eigenvalue weighted by Gasteiger charge is 2.23. The van der Waals surface area contributed by atoms with Crippen LogP contribution < -0.4 is 10.3 Å². The van der Waals surface area contributed by atoms with E-state index in [9.17, 15) is 14.4 Å². The summed E-state index contributed by atoms with van der Waals surface area (Å²) < 4.78 is 2.92. The van der Waals surface area contributed by atoms with Gasteiger partial charge in [-0.3, -0.25) is 9.59 Å². The molecule has 136 valence electrons. The highest BCUT2D eigenvalue weighted by Crippen LogP contribution is 2.12. The first-order valence-corrected chi connectivity index (χ1v) is 8.66. The maximum absolute atomic E-state index is 12.5. The fourth-order valence-corrected chi connectivity index (χ4v) is 3.06. The topological polar surface area (TPSA) is 75.8 Å². The van der Waals surface area contributed by atoms with Crippen molar-refractivity contribution in [1.29, 1.82) is 0 Å². The van der Waals surface area contributed by atoms with Gasteiger partial charge in [0.2, 0.25) is 0 Å². The Kier molecular flexibility index (Phi) is 4.51. The minimum atomic E-state index is -0.416. The van der Waals surface area contributed by atoms with Crippen molar-refractivity contribution in [3.8, 4) is 11.5 Å². The summed E-state index contributed by atoms with van der Waals surface area (Å²) in [5.74, 6) is 0.237. The van der Waals surface area contributed by atoms with E-state index < -0.39 is 5.69 Å². The summed E-state index contributed by atoms with van der Waals surface area (Å²) in [7, 11) is 0. The van der Waals surface area contributed by atoms with Crippen LogP contribution in [0.15, 0.2) is 90.0 Å². The number of imidazole rings is 1. The lowest BCUT2D eigenvalue weighted by molar-refractivity contribution is -0.599. The molecule has 6 heteroatoms. The smallest absolute Gasteiger partial charge is 0.296 e. The Morgan fingerprint density at radius 3 is 2.04 bits per heavy atom. The van der Waals surface area contributed by atoms with E-state index in [0.717, 1.165) is 0 Å². The summed E-state index contributed by atoms with van der Waals surface area (Å²) in [5, 5.41) is 0. The average Bonchev–Trinajstić information content (AvgIpc) is 3.10. The zero-order chi connectivity index (χ0) is 19.5. The van der Waals surface area contributed by atoms with E-state index in [1.54, 1.807) is 65.5 Å². The van der Waals surface area contributed by atoms with E-state index in [0.29, 0.717) is 28.9 Å². The highest BCUT2D eigenvalue weighted by molar-refractivity contribution is 6.08. The predicted octanol–water partition coefficient (Wildman–Crippen LogP) is 2.49. The molecule has 4 aromatic rings. The number of hydrogen-bond acceptors (Lipinski definition) is 3. The highest BCUT2D eigenvalue weighted by atomic mass is 16.2. The average molecular weight is 370 g/mol. The van der Waals surface area contributed by atoms with Crippen molar-refractivity contribution < 1.29 is 14.2 Å². The van der Waals surface area contributed by atoms with E-state index in [4.69, 9.17) is 0 Å². The third kappa shape index (κ3) is 3.07. The number of carbonyl (C=O) groups excluding carboxylic acids is 2. The molecule has 6 nitrogen and oxygen atoms in total. The van der Waals surface area contributed by atoms with E-state index in [2.05, 4.69) is 4.98 Å². The van der Waals surface area contributed by atoms with Gasteiger partial charge in [-0.05, 0) is 24.3 Å². The van der Waals surface area contributed by atoms with Crippen LogP contribution in [-0.4, -0.2) is 21.6 Å². The number of ketones is 1. The van der Waals surface area contributed by atoms with Crippen molar-refractivity contribution in [2.75, 3.05) is 0 Å². The lowest BCUT2D eigenvalue weighted by atomic mass is 10.0. The fourth-order valence-electron chi connectivity index (χ4n) is 3.06. The summed E-state index contributed by atoms with van der Waals surface area (Å²) in [6.45, 7) is 0. The van der Waals surface area contributed by atoms with Crippen molar-refractivity contribution in [2.24, 2.45) is 0 Å². The summed E-state index contributed by atoms with van der Waals surface area (Å²) in [6, 6.07) is 21.2. The van der Waals surface area contributed by atoms with E-state index in [-0.39, 0.29) is 11.5 Å². The Balaban J connectivity index is 1.74. The molecule has 0 spiro atoms. The van der Waals surface area contributed by atoms with Crippen molar-refractivity contribution in [3.63, 3.8) is 0 Å². The summed E-state index contributed by atoms with van der Waals surface area (Å²) >= 11 is 0. The van der Waals surface area contributed by atoms with Gasteiger partial charge < -0.3 is 0 Å². The Hall–Kier alpha value is -4.06. The number of H-pyrrole nitrogens is 1. The molecule has 28 heavy (non-hydrogen) atoms. The van der Waals surface area contributed by atoms with Crippen molar-refractivity contribution in [3.05, 3.63) is 112 Å². The van der Waals surface area contributed by atoms with E-state index in [1.165, 1.54) is 4.57 Å². The van der Waals surface area contributed by atoms with Gasteiger partial charge in [-0.25, -0.2) is 13.9 Å². The first-order chi connectivity index (χ1) is 13.7. The summed E-state index contributed by atoms with van der Waals surface area (Å²) in [5.41, 5.74) is 1.48. The molecular weight excluding hydrogens is 354 g/mol. The number of aromatic nitrogens is 3. The Morgan fingerprint density at radius 2 is 1.43 bits per heavy atom. The van der Waals surface area contributed by atoms with Crippen LogP contribution in [0.2, 0.25) is 0 Å². The number of pyridine rings is 1. The van der Waals surface area contributed by atoms with Gasteiger partial charge in [0.05, 0.1) is 18.1 Å². The molecule has 2 aromatic heterocycles. The number of carbonyl (C=O) groups is 2. The third-order valence-electron chi connectivity index (χ3n) is 4.42. The molecule has 0 saturated carbocycles. The first kappa shape index (κ1) is 17.4. The van der Waals surface area contributed by atoms with Crippen LogP contribution in [-0.2, 0) is 0 Å². The normalized spacial score (nSPS) is 10.6. The van der Waals surface area contributed by atoms with Crippen LogP contribution >= 0.6 is 0 Å². The van der Waals surface area contributed by atoms with Crippen LogP contribution in [0.5, 0.6) is 0 Å². The van der Waals surface area contributed by atoms with Crippen LogP contribution in [0.1, 0.15) is 26.4 Å². The minimum Gasteiger partial charge on any atom is -0.296 e. The second-order valence-electron chi connectivity index (χ2n) is 6.14. The zero-order valence-electron chi connectivity index (χ0n) is 14.8. The summed E-state index contributed by atoms with van der Waals surface area (Å²) in [6.07, 6.45) is 3.92. The standard InChI is InChI=1S/C22H15N3O3/c26-15-19-21(23-22(28)25(19)18-9-5-2-6-10-18)24-13-11-17(12-14-24)20(27)16-7-3-1-4-8-16/h1-15H/p+1. The van der Waals surface area contributed by atoms with Gasteiger partial charge in [-0.1, -0.05) is 48.5 Å². The van der Waals surface area contributed by atoms with Gasteiger partial charge in [-0.15, -0.1) is 0 Å². The summed E-state index contributed by atoms with van der Waals surface area (Å²) in [4.78, 5) is 39.4. The number of benzene rings is 2. The quantitative estimate of drug-likeness (QED) is 0.333. The van der Waals surface area contributed by atoms with Crippen molar-refractivity contribution in [2.45, 2.75) is 0 Å². The van der Waals surface area contributed by atoms with Gasteiger partial charge in [0.1, 0.15) is 0 Å². The number of hydrogen-bond donors (Lipinski definition) is 1. The molecule has 0 unspecified atom stereocenters. The Bertz CT molecular complexity index is 1190. The van der Waals surface area contributed by atoms with Crippen LogP contribution in [0.4, 0.5) is 0 Å². The van der Waals surface area contributed by atoms with Gasteiger partial charge >= 0.3 is 11.5 Å². The van der Waals surface area contributed by atoms with E-state index in [1.807, 2.05) is 24.3 Å². The van der Waals surface area contributed by atoms with Gasteiger partial charge in [0.25, 0.3) is 0 Å². The molecule has 0 bridgehead atoms. The fraction of sp³-hybridized carbons (Fsp3) is 0. The predicted molar refractivity (Wildman–Crippen MR) is 103 cm³/mol. The van der Waals surface area contributed by atoms with Gasteiger partial charge in [0.15, 0.2) is 17.8 Å². The number of nitrogens with zero attached hydrogens (tertiary/aromatic N) is 2. The number of aromatic amines is 1. The number of para-hydroxylation sites is 1. The third-order valence-corrected chi connectivity index (χ3v) is 4.42. The molecule has 0 atom stereocenters. The van der Waals surface area contributed by atoms with Crippen LogP contribution in [0, 0.1) is 0 Å². The lowest BCUT2D eigenvalue weighted by Gasteiger charge is -2.03. The molecule has 1 N–H and O–H groups in total.